The smallest absolute Gasteiger partial charge is 0.744 e. The molecule has 0 saturated carbocycles. The summed E-state index contributed by atoms with van der Waals surface area (Å²) in [5.41, 5.74) is 0. The molecule has 0 N–H and O–H groups in total. The second kappa shape index (κ2) is 10.4. The summed E-state index contributed by atoms with van der Waals surface area (Å²) in [5, 5.41) is 0. The zero-order valence-corrected chi connectivity index (χ0v) is 21.7. The minimum Gasteiger partial charge on any atom is -0.744 e. The fourth-order valence-electron chi connectivity index (χ4n) is 1.29. The second-order valence-electron chi connectivity index (χ2n) is 3.77. The Balaban J connectivity index is 0.000000403. The molecule has 120 valence electrons. The third-order valence-electron chi connectivity index (χ3n) is 2.21. The van der Waals surface area contributed by atoms with Crippen LogP contribution < -0.4 is 0 Å². The fourth-order valence-corrected chi connectivity index (χ4v) is 4.79. The molecule has 0 aliphatic rings. The molecule has 0 aliphatic carbocycles. The van der Waals surface area contributed by atoms with Crippen LogP contribution in [0.1, 0.15) is 0 Å². The van der Waals surface area contributed by atoms with Crippen LogP contribution in [0.25, 0.3) is 0 Å². The Morgan fingerprint density at radius 3 is 1.09 bits per heavy atom. The van der Waals surface area contributed by atoms with Crippen molar-refractivity contribution >= 4 is 114 Å². The van der Waals surface area contributed by atoms with Gasteiger partial charge in [-0.3, -0.25) is 0 Å². The molecule has 0 saturated heterocycles. The normalized spacial score (nSPS) is 11.0. The summed E-state index contributed by atoms with van der Waals surface area (Å²) in [4.78, 5) is -0.304. The van der Waals surface area contributed by atoms with E-state index in [1.54, 1.807) is 69.4 Å². The molecular formula is C12H8BaI2O6S2. The molecule has 0 aliphatic heterocycles. The average Bonchev–Trinajstić information content (AvgIpc) is 2.37. The van der Waals surface area contributed by atoms with Crippen molar-refractivity contribution in [3.05, 3.63) is 55.7 Å². The Bertz CT molecular complexity index is 795. The molecule has 0 spiro atoms. The Hall–Kier alpha value is 1.29. The van der Waals surface area contributed by atoms with E-state index in [2.05, 4.69) is 0 Å². The first-order chi connectivity index (χ1) is 10.0. The van der Waals surface area contributed by atoms with Gasteiger partial charge >= 0.3 is 48.9 Å². The van der Waals surface area contributed by atoms with Gasteiger partial charge in [-0.25, -0.2) is 16.8 Å². The summed E-state index contributed by atoms with van der Waals surface area (Å²) in [7, 11) is -8.58. The van der Waals surface area contributed by atoms with Crippen LogP contribution in [0.4, 0.5) is 0 Å². The number of halogens is 2. The van der Waals surface area contributed by atoms with Gasteiger partial charge in [-0.2, -0.15) is 0 Å². The predicted octanol–water partition coefficient (Wildman–Crippen LogP) is 2.01. The monoisotopic (exact) mass is 704 g/mol. The van der Waals surface area contributed by atoms with E-state index >= 15 is 0 Å². The molecule has 0 amide bonds. The van der Waals surface area contributed by atoms with Gasteiger partial charge in [-0.15, -0.1) is 0 Å². The fraction of sp³-hybridized carbons (Fsp3) is 0. The molecule has 0 unspecified atom stereocenters. The molecule has 0 bridgehead atoms. The van der Waals surface area contributed by atoms with Crippen LogP contribution in [0.3, 0.4) is 0 Å². The predicted molar refractivity (Wildman–Crippen MR) is 100.0 cm³/mol. The molecule has 11 heteroatoms. The van der Waals surface area contributed by atoms with Crippen LogP contribution in [-0.4, -0.2) is 74.8 Å². The molecule has 0 fully saturated rings. The summed E-state index contributed by atoms with van der Waals surface area (Å²) in [5.74, 6) is 0. The van der Waals surface area contributed by atoms with Crippen molar-refractivity contribution < 1.29 is 25.9 Å². The van der Waals surface area contributed by atoms with Crippen molar-refractivity contribution in [1.82, 2.24) is 0 Å². The average molecular weight is 703 g/mol. The molecule has 6 nitrogen and oxygen atoms in total. The van der Waals surface area contributed by atoms with Crippen molar-refractivity contribution in [3.63, 3.8) is 0 Å². The second-order valence-corrected chi connectivity index (χ2v) is 8.79. The van der Waals surface area contributed by atoms with E-state index in [4.69, 9.17) is 0 Å². The Morgan fingerprint density at radius 1 is 0.652 bits per heavy atom. The molecule has 0 atom stereocenters. The van der Waals surface area contributed by atoms with Gasteiger partial charge in [0.2, 0.25) is 0 Å². The van der Waals surface area contributed by atoms with E-state index in [0.717, 1.165) is 0 Å². The molecule has 0 heterocycles. The molecule has 0 radical (unpaired) electrons. The van der Waals surface area contributed by atoms with E-state index in [-0.39, 0.29) is 58.7 Å². The zero-order valence-electron chi connectivity index (χ0n) is 11.3. The quantitative estimate of drug-likeness (QED) is 0.269. The van der Waals surface area contributed by atoms with Crippen LogP contribution in [0, 0.1) is 7.14 Å². The van der Waals surface area contributed by atoms with Crippen molar-refractivity contribution in [1.29, 1.82) is 0 Å². The van der Waals surface area contributed by atoms with E-state index in [0.29, 0.717) is 7.14 Å². The van der Waals surface area contributed by atoms with Gasteiger partial charge in [0, 0.05) is 7.14 Å². The Kier molecular flexibility index (Phi) is 11.0. The Morgan fingerprint density at radius 2 is 0.913 bits per heavy atom. The topological polar surface area (TPSA) is 114 Å². The van der Waals surface area contributed by atoms with Crippen molar-refractivity contribution in [2.24, 2.45) is 0 Å². The first kappa shape index (κ1) is 24.3. The number of benzene rings is 2. The number of hydrogen-bond donors (Lipinski definition) is 0. The van der Waals surface area contributed by atoms with Gasteiger partial charge in [0.25, 0.3) is 0 Å². The molecule has 2 aromatic carbocycles. The third-order valence-corrected chi connectivity index (χ3v) is 6.61. The van der Waals surface area contributed by atoms with E-state index in [1.807, 2.05) is 0 Å². The molecule has 23 heavy (non-hydrogen) atoms. The first-order valence-electron chi connectivity index (χ1n) is 5.44. The minimum absolute atomic E-state index is 0. The van der Waals surface area contributed by atoms with Crippen molar-refractivity contribution in [3.8, 4) is 0 Å². The largest absolute Gasteiger partial charge is 2.00 e. The molecule has 2 rings (SSSR count). The van der Waals surface area contributed by atoms with Crippen LogP contribution in [0.5, 0.6) is 0 Å². The molecular weight excluding hydrogens is 695 g/mol. The van der Waals surface area contributed by atoms with Crippen LogP contribution >= 0.6 is 45.2 Å². The maximum Gasteiger partial charge on any atom is 2.00 e. The third kappa shape index (κ3) is 8.48. The van der Waals surface area contributed by atoms with Gasteiger partial charge in [-0.05, 0) is 69.4 Å². The van der Waals surface area contributed by atoms with E-state index in [1.165, 1.54) is 24.3 Å². The summed E-state index contributed by atoms with van der Waals surface area (Å²) in [6, 6.07) is 12.1. The molecule has 0 aromatic heterocycles. The van der Waals surface area contributed by atoms with Crippen molar-refractivity contribution in [2.45, 2.75) is 9.79 Å². The number of hydrogen-bond acceptors (Lipinski definition) is 6. The summed E-state index contributed by atoms with van der Waals surface area (Å²) in [6.07, 6.45) is 0. The van der Waals surface area contributed by atoms with Crippen LogP contribution in [0.15, 0.2) is 58.3 Å². The van der Waals surface area contributed by atoms with Gasteiger partial charge in [0.05, 0.1) is 9.79 Å². The van der Waals surface area contributed by atoms with Crippen molar-refractivity contribution in [2.75, 3.05) is 0 Å². The Labute approximate surface area is 202 Å². The zero-order chi connectivity index (χ0) is 17.0. The van der Waals surface area contributed by atoms with Gasteiger partial charge in [0.15, 0.2) is 0 Å². The maximum atomic E-state index is 10.5. The first-order valence-corrected chi connectivity index (χ1v) is 10.4. The maximum absolute atomic E-state index is 10.5. The SMILES string of the molecule is O=S(=O)([O-])c1ccccc1I.O=S(=O)([O-])c1ccccc1I.[Ba+2]. The van der Waals surface area contributed by atoms with Crippen LogP contribution in [-0.2, 0) is 20.2 Å². The van der Waals surface area contributed by atoms with Gasteiger partial charge in [0.1, 0.15) is 20.2 Å². The summed E-state index contributed by atoms with van der Waals surface area (Å²) >= 11 is 3.61. The number of rotatable bonds is 2. The van der Waals surface area contributed by atoms with E-state index in [9.17, 15) is 25.9 Å². The van der Waals surface area contributed by atoms with Gasteiger partial charge in [-0.1, -0.05) is 24.3 Å². The van der Waals surface area contributed by atoms with E-state index < -0.39 is 20.2 Å². The standard InChI is InChI=1S/2C6H5IO3S.Ba/c2*7-5-3-1-2-4-6(5)11(8,9)10;/h2*1-4H,(H,8,9,10);/q;;+2/p-2. The minimum atomic E-state index is -4.29. The van der Waals surface area contributed by atoms with Gasteiger partial charge < -0.3 is 9.11 Å². The summed E-state index contributed by atoms with van der Waals surface area (Å²) < 4.78 is 63.9. The summed E-state index contributed by atoms with van der Waals surface area (Å²) in [6.45, 7) is 0. The van der Waals surface area contributed by atoms with Crippen LogP contribution in [0.2, 0.25) is 0 Å². The molecule has 2 aromatic rings.